The summed E-state index contributed by atoms with van der Waals surface area (Å²) in [6.45, 7) is 3.38. The van der Waals surface area contributed by atoms with Crippen molar-refractivity contribution in [2.45, 2.75) is 13.8 Å². The minimum absolute atomic E-state index is 0.165. The smallest absolute Gasteiger partial charge is 0.344 e. The van der Waals surface area contributed by atoms with E-state index in [0.717, 1.165) is 4.68 Å². The molecule has 0 N–H and O–H groups in total. The molecule has 0 fully saturated rings. The van der Waals surface area contributed by atoms with Crippen LogP contribution in [0, 0.1) is 12.9 Å². The molecule has 2 aromatic rings. The fraction of sp³-hybridized carbons (Fsp3) is 0.231. The average Bonchev–Trinajstić information content (AvgIpc) is 2.66. The topological polar surface area (TPSA) is 44.1 Å². The largest absolute Gasteiger partial charge is 0.462 e. The molecule has 0 aliphatic heterocycles. The van der Waals surface area contributed by atoms with E-state index in [4.69, 9.17) is 16.3 Å². The molecule has 1 aromatic heterocycles. The van der Waals surface area contributed by atoms with Gasteiger partial charge in [-0.05, 0) is 26.0 Å². The highest BCUT2D eigenvalue weighted by Gasteiger charge is 2.24. The van der Waals surface area contributed by atoms with E-state index in [2.05, 4.69) is 5.10 Å². The third-order valence-electron chi connectivity index (χ3n) is 2.56. The van der Waals surface area contributed by atoms with E-state index < -0.39 is 11.9 Å². The Morgan fingerprint density at radius 3 is 2.79 bits per heavy atom. The summed E-state index contributed by atoms with van der Waals surface area (Å²) in [6.07, 6.45) is 0. The summed E-state index contributed by atoms with van der Waals surface area (Å²) in [5.41, 5.74) is 0.470. The van der Waals surface area contributed by atoms with Gasteiger partial charge in [0, 0.05) is 0 Å². The molecule has 0 spiro atoms. The molecule has 0 saturated heterocycles. The van der Waals surface area contributed by atoms with Gasteiger partial charge in [0.1, 0.15) is 5.56 Å². The van der Waals surface area contributed by atoms with Crippen LogP contribution >= 0.6 is 11.6 Å². The van der Waals surface area contributed by atoms with E-state index in [1.165, 1.54) is 0 Å². The molecular formula is C13H12ClFN2O2. The summed E-state index contributed by atoms with van der Waals surface area (Å²) in [5.74, 6) is -1.50. The van der Waals surface area contributed by atoms with Gasteiger partial charge in [-0.3, -0.25) is 0 Å². The van der Waals surface area contributed by atoms with Gasteiger partial charge >= 0.3 is 5.97 Å². The predicted octanol–water partition coefficient (Wildman–Crippen LogP) is 3.15. The van der Waals surface area contributed by atoms with Crippen molar-refractivity contribution in [3.05, 3.63) is 46.5 Å². The molecule has 6 heteroatoms. The van der Waals surface area contributed by atoms with Gasteiger partial charge in [0.05, 0.1) is 23.0 Å². The molecule has 0 bridgehead atoms. The van der Waals surface area contributed by atoms with Crippen LogP contribution in [0.15, 0.2) is 24.3 Å². The minimum Gasteiger partial charge on any atom is -0.462 e. The van der Waals surface area contributed by atoms with Gasteiger partial charge < -0.3 is 4.74 Å². The molecule has 4 nitrogen and oxygen atoms in total. The van der Waals surface area contributed by atoms with Gasteiger partial charge in [0.25, 0.3) is 0 Å². The van der Waals surface area contributed by atoms with Crippen molar-refractivity contribution in [1.82, 2.24) is 9.78 Å². The van der Waals surface area contributed by atoms with Crippen LogP contribution in [0.2, 0.25) is 5.02 Å². The number of benzene rings is 1. The third kappa shape index (κ3) is 2.46. The van der Waals surface area contributed by atoms with Gasteiger partial charge in [0.15, 0.2) is 0 Å². The predicted molar refractivity (Wildman–Crippen MR) is 69.2 cm³/mol. The lowest BCUT2D eigenvalue weighted by atomic mass is 10.2. The molecule has 0 amide bonds. The zero-order chi connectivity index (χ0) is 14.0. The van der Waals surface area contributed by atoms with E-state index in [-0.39, 0.29) is 17.9 Å². The van der Waals surface area contributed by atoms with Gasteiger partial charge in [-0.2, -0.15) is 9.49 Å². The maximum atomic E-state index is 14.3. The SMILES string of the molecule is CCOC(=O)c1c(C)nn(-c2ccccc2Cl)c1F. The van der Waals surface area contributed by atoms with Crippen LogP contribution in [0.4, 0.5) is 4.39 Å². The van der Waals surface area contributed by atoms with Crippen molar-refractivity contribution in [3.8, 4) is 5.69 Å². The van der Waals surface area contributed by atoms with E-state index in [1.807, 2.05) is 0 Å². The summed E-state index contributed by atoms with van der Waals surface area (Å²) >= 11 is 5.99. The molecule has 100 valence electrons. The highest BCUT2D eigenvalue weighted by atomic mass is 35.5. The number of halogens is 2. The number of hydrogen-bond acceptors (Lipinski definition) is 3. The number of aromatic nitrogens is 2. The Balaban J connectivity index is 2.54. The van der Waals surface area contributed by atoms with Crippen LogP contribution < -0.4 is 0 Å². The Bertz CT molecular complexity index is 625. The summed E-state index contributed by atoms with van der Waals surface area (Å²) in [4.78, 5) is 11.7. The lowest BCUT2D eigenvalue weighted by Crippen LogP contribution is -2.08. The number of nitrogens with zero attached hydrogens (tertiary/aromatic N) is 2. The highest BCUT2D eigenvalue weighted by molar-refractivity contribution is 6.32. The second kappa shape index (κ2) is 5.40. The van der Waals surface area contributed by atoms with Crippen LogP contribution in [-0.4, -0.2) is 22.4 Å². The zero-order valence-corrected chi connectivity index (χ0v) is 11.2. The quantitative estimate of drug-likeness (QED) is 0.812. The number of para-hydroxylation sites is 1. The first-order chi connectivity index (χ1) is 9.06. The number of rotatable bonds is 3. The zero-order valence-electron chi connectivity index (χ0n) is 10.5. The number of esters is 1. The van der Waals surface area contributed by atoms with Crippen LogP contribution in [0.1, 0.15) is 23.0 Å². The summed E-state index contributed by atoms with van der Waals surface area (Å²) < 4.78 is 20.1. The molecule has 1 heterocycles. The maximum absolute atomic E-state index is 14.3. The maximum Gasteiger partial charge on any atom is 0.344 e. The van der Waals surface area contributed by atoms with Crippen molar-refractivity contribution in [1.29, 1.82) is 0 Å². The lowest BCUT2D eigenvalue weighted by molar-refractivity contribution is 0.0520. The molecule has 0 aliphatic rings. The van der Waals surface area contributed by atoms with Gasteiger partial charge in [-0.25, -0.2) is 9.48 Å². The first kappa shape index (κ1) is 13.5. The normalized spacial score (nSPS) is 10.5. The van der Waals surface area contributed by atoms with Gasteiger partial charge in [-0.1, -0.05) is 23.7 Å². The Kier molecular flexibility index (Phi) is 3.85. The highest BCUT2D eigenvalue weighted by Crippen LogP contribution is 2.23. The molecule has 0 saturated carbocycles. The summed E-state index contributed by atoms with van der Waals surface area (Å²) in [5, 5.41) is 4.35. The Morgan fingerprint density at radius 1 is 1.47 bits per heavy atom. The molecule has 0 unspecified atom stereocenters. The van der Waals surface area contributed by atoms with Crippen LogP contribution in [0.25, 0.3) is 5.69 Å². The van der Waals surface area contributed by atoms with E-state index in [1.54, 1.807) is 38.1 Å². The van der Waals surface area contributed by atoms with Crippen LogP contribution in [-0.2, 0) is 4.74 Å². The van der Waals surface area contributed by atoms with Gasteiger partial charge in [0.2, 0.25) is 5.95 Å². The summed E-state index contributed by atoms with van der Waals surface area (Å²) in [6, 6.07) is 6.68. The Hall–Kier alpha value is -1.88. The average molecular weight is 283 g/mol. The molecule has 19 heavy (non-hydrogen) atoms. The van der Waals surface area contributed by atoms with Gasteiger partial charge in [-0.15, -0.1) is 0 Å². The molecule has 0 radical (unpaired) electrons. The van der Waals surface area contributed by atoms with E-state index in [9.17, 15) is 9.18 Å². The second-order valence-electron chi connectivity index (χ2n) is 3.83. The van der Waals surface area contributed by atoms with Crippen LogP contribution in [0.3, 0.4) is 0 Å². The van der Waals surface area contributed by atoms with Crippen molar-refractivity contribution in [3.63, 3.8) is 0 Å². The first-order valence-electron chi connectivity index (χ1n) is 5.73. The van der Waals surface area contributed by atoms with Crippen molar-refractivity contribution in [2.24, 2.45) is 0 Å². The summed E-state index contributed by atoms with van der Waals surface area (Å²) in [7, 11) is 0. The Morgan fingerprint density at radius 2 is 2.16 bits per heavy atom. The monoisotopic (exact) mass is 282 g/mol. The number of ether oxygens (including phenoxy) is 1. The Labute approximate surface area is 114 Å². The number of carbonyl (C=O) groups is 1. The van der Waals surface area contributed by atoms with E-state index >= 15 is 0 Å². The van der Waals surface area contributed by atoms with E-state index in [0.29, 0.717) is 10.7 Å². The fourth-order valence-electron chi connectivity index (χ4n) is 1.72. The molecular weight excluding hydrogens is 271 g/mol. The molecule has 0 aliphatic carbocycles. The van der Waals surface area contributed by atoms with Crippen molar-refractivity contribution >= 4 is 17.6 Å². The molecule has 1 aromatic carbocycles. The standard InChI is InChI=1S/C13H12ClFN2O2/c1-3-19-13(18)11-8(2)16-17(12(11)15)10-7-5-4-6-9(10)14/h4-7H,3H2,1-2H3. The number of carbonyl (C=O) groups excluding carboxylic acids is 1. The third-order valence-corrected chi connectivity index (χ3v) is 2.88. The van der Waals surface area contributed by atoms with Crippen molar-refractivity contribution in [2.75, 3.05) is 6.61 Å². The first-order valence-corrected chi connectivity index (χ1v) is 6.11. The second-order valence-corrected chi connectivity index (χ2v) is 4.24. The number of hydrogen-bond donors (Lipinski definition) is 0. The number of aryl methyl sites for hydroxylation is 1. The van der Waals surface area contributed by atoms with Crippen LogP contribution in [0.5, 0.6) is 0 Å². The fourth-order valence-corrected chi connectivity index (χ4v) is 1.93. The molecule has 0 atom stereocenters. The lowest BCUT2D eigenvalue weighted by Gasteiger charge is -2.04. The molecule has 2 rings (SSSR count). The van der Waals surface area contributed by atoms with Crippen molar-refractivity contribution < 1.29 is 13.9 Å². The minimum atomic E-state index is -0.774.